The van der Waals surface area contributed by atoms with Crippen molar-refractivity contribution >= 4 is 11.6 Å². The van der Waals surface area contributed by atoms with Gasteiger partial charge in [0.15, 0.2) is 0 Å². The lowest BCUT2D eigenvalue weighted by molar-refractivity contribution is 0.232. The molecule has 0 bridgehead atoms. The van der Waals surface area contributed by atoms with E-state index in [9.17, 15) is 0 Å². The molecule has 114 valence electrons. The van der Waals surface area contributed by atoms with Crippen LogP contribution in [-0.2, 0) is 13.1 Å². The van der Waals surface area contributed by atoms with E-state index < -0.39 is 0 Å². The summed E-state index contributed by atoms with van der Waals surface area (Å²) < 4.78 is 2.19. The highest BCUT2D eigenvalue weighted by Gasteiger charge is 2.19. The zero-order valence-corrected chi connectivity index (χ0v) is 13.4. The number of nitrogens with zero attached hydrogens (tertiary/aromatic N) is 3. The zero-order valence-electron chi connectivity index (χ0n) is 12.7. The Hall–Kier alpha value is -1.36. The molecular weight excluding hydrogens is 284 g/mol. The van der Waals surface area contributed by atoms with Crippen LogP contribution in [0.5, 0.6) is 0 Å². The second kappa shape index (κ2) is 7.59. The van der Waals surface area contributed by atoms with E-state index in [0.29, 0.717) is 6.54 Å². The topological polar surface area (TPSA) is 47.1 Å². The van der Waals surface area contributed by atoms with Crippen LogP contribution >= 0.6 is 11.6 Å². The van der Waals surface area contributed by atoms with Crippen LogP contribution < -0.4 is 5.73 Å². The molecule has 2 aromatic rings. The van der Waals surface area contributed by atoms with Gasteiger partial charge in [0, 0.05) is 30.9 Å². The standard InChI is InChI=1S/C16H23ClN4/c1-3-8-21-12-19-10-16(21)15(9-18)20(2)11-13-4-6-14(17)7-5-13/h4-7,10,12,15H,3,8-9,11,18H2,1-2H3. The van der Waals surface area contributed by atoms with E-state index in [4.69, 9.17) is 17.3 Å². The Labute approximate surface area is 131 Å². The second-order valence-corrected chi connectivity index (χ2v) is 5.74. The van der Waals surface area contributed by atoms with Crippen molar-refractivity contribution in [3.63, 3.8) is 0 Å². The summed E-state index contributed by atoms with van der Waals surface area (Å²) in [5.74, 6) is 0. The Morgan fingerprint density at radius 3 is 2.67 bits per heavy atom. The van der Waals surface area contributed by atoms with Crippen molar-refractivity contribution in [2.24, 2.45) is 5.73 Å². The Bertz CT molecular complexity index is 550. The summed E-state index contributed by atoms with van der Waals surface area (Å²) in [5, 5.41) is 0.762. The zero-order chi connectivity index (χ0) is 15.2. The molecule has 0 aliphatic rings. The Morgan fingerprint density at radius 2 is 2.05 bits per heavy atom. The number of halogens is 1. The SMILES string of the molecule is CCCn1cncc1C(CN)N(C)Cc1ccc(Cl)cc1. The lowest BCUT2D eigenvalue weighted by atomic mass is 10.1. The van der Waals surface area contributed by atoms with Gasteiger partial charge in [-0.3, -0.25) is 4.90 Å². The van der Waals surface area contributed by atoms with Gasteiger partial charge >= 0.3 is 0 Å². The van der Waals surface area contributed by atoms with Crippen LogP contribution in [0.2, 0.25) is 5.02 Å². The average Bonchev–Trinajstić information content (AvgIpc) is 2.91. The average molecular weight is 307 g/mol. The third-order valence-corrected chi connectivity index (χ3v) is 3.90. The highest BCUT2D eigenvalue weighted by molar-refractivity contribution is 6.30. The maximum atomic E-state index is 6.00. The highest BCUT2D eigenvalue weighted by Crippen LogP contribution is 2.21. The van der Waals surface area contributed by atoms with E-state index >= 15 is 0 Å². The van der Waals surface area contributed by atoms with Crippen molar-refractivity contribution < 1.29 is 0 Å². The Balaban J connectivity index is 2.12. The molecule has 0 amide bonds. The van der Waals surface area contributed by atoms with Crippen LogP contribution in [0.4, 0.5) is 0 Å². The molecule has 1 unspecified atom stereocenters. The maximum absolute atomic E-state index is 6.00. The third kappa shape index (κ3) is 4.06. The summed E-state index contributed by atoms with van der Waals surface area (Å²) in [5.41, 5.74) is 8.40. The van der Waals surface area contributed by atoms with Gasteiger partial charge in [0.05, 0.1) is 18.1 Å². The first-order valence-corrected chi connectivity index (χ1v) is 7.68. The molecule has 0 saturated carbocycles. The number of aryl methyl sites for hydroxylation is 1. The van der Waals surface area contributed by atoms with Crippen molar-refractivity contribution in [2.45, 2.75) is 32.5 Å². The van der Waals surface area contributed by atoms with E-state index in [-0.39, 0.29) is 6.04 Å². The molecule has 1 heterocycles. The number of likely N-dealkylation sites (N-methyl/N-ethyl adjacent to an activating group) is 1. The number of benzene rings is 1. The van der Waals surface area contributed by atoms with Gasteiger partial charge in [-0.15, -0.1) is 0 Å². The van der Waals surface area contributed by atoms with Gasteiger partial charge in [0.2, 0.25) is 0 Å². The minimum absolute atomic E-state index is 0.162. The lowest BCUT2D eigenvalue weighted by Gasteiger charge is -2.27. The molecule has 2 rings (SSSR count). The van der Waals surface area contributed by atoms with Crippen LogP contribution in [0.1, 0.15) is 30.6 Å². The molecule has 1 aromatic carbocycles. The molecule has 2 N–H and O–H groups in total. The fourth-order valence-electron chi connectivity index (χ4n) is 2.55. The number of rotatable bonds is 7. The Kier molecular flexibility index (Phi) is 5.79. The molecule has 1 atom stereocenters. The minimum Gasteiger partial charge on any atom is -0.333 e. The molecule has 4 nitrogen and oxygen atoms in total. The van der Waals surface area contributed by atoms with Gasteiger partial charge in [-0.2, -0.15) is 0 Å². The fraction of sp³-hybridized carbons (Fsp3) is 0.438. The van der Waals surface area contributed by atoms with Crippen LogP contribution in [-0.4, -0.2) is 28.0 Å². The summed E-state index contributed by atoms with van der Waals surface area (Å²) in [6.07, 6.45) is 4.89. The summed E-state index contributed by atoms with van der Waals surface area (Å²) in [6, 6.07) is 8.10. The quantitative estimate of drug-likeness (QED) is 0.855. The third-order valence-electron chi connectivity index (χ3n) is 3.65. The van der Waals surface area contributed by atoms with Crippen LogP contribution in [0.25, 0.3) is 0 Å². The number of aromatic nitrogens is 2. The van der Waals surface area contributed by atoms with Gasteiger partial charge in [-0.05, 0) is 31.2 Å². The van der Waals surface area contributed by atoms with Gasteiger partial charge in [-0.25, -0.2) is 4.98 Å². The number of hydrogen-bond acceptors (Lipinski definition) is 3. The molecule has 1 aromatic heterocycles. The van der Waals surface area contributed by atoms with Crippen LogP contribution in [0.15, 0.2) is 36.8 Å². The maximum Gasteiger partial charge on any atom is 0.0948 e. The van der Waals surface area contributed by atoms with Gasteiger partial charge in [-0.1, -0.05) is 30.7 Å². The largest absolute Gasteiger partial charge is 0.333 e. The van der Waals surface area contributed by atoms with E-state index in [1.54, 1.807) is 0 Å². The van der Waals surface area contributed by atoms with Gasteiger partial charge in [0.1, 0.15) is 0 Å². The molecule has 5 heteroatoms. The van der Waals surface area contributed by atoms with Crippen molar-refractivity contribution in [3.8, 4) is 0 Å². The molecule has 0 fully saturated rings. The first-order valence-electron chi connectivity index (χ1n) is 7.30. The molecule has 0 aliphatic heterocycles. The van der Waals surface area contributed by atoms with Crippen LogP contribution in [0, 0.1) is 0 Å². The fourth-order valence-corrected chi connectivity index (χ4v) is 2.68. The number of hydrogen-bond donors (Lipinski definition) is 1. The first-order chi connectivity index (χ1) is 10.2. The molecule has 0 aliphatic carbocycles. The van der Waals surface area contributed by atoms with E-state index in [0.717, 1.165) is 24.5 Å². The Morgan fingerprint density at radius 1 is 1.33 bits per heavy atom. The molecule has 0 saturated heterocycles. The van der Waals surface area contributed by atoms with Gasteiger partial charge < -0.3 is 10.3 Å². The second-order valence-electron chi connectivity index (χ2n) is 5.30. The van der Waals surface area contributed by atoms with Crippen molar-refractivity contribution in [1.82, 2.24) is 14.5 Å². The number of imidazole rings is 1. The normalized spacial score (nSPS) is 12.8. The minimum atomic E-state index is 0.162. The summed E-state index contributed by atoms with van der Waals surface area (Å²) >= 11 is 5.93. The summed E-state index contributed by atoms with van der Waals surface area (Å²) in [7, 11) is 2.09. The van der Waals surface area contributed by atoms with Crippen LogP contribution in [0.3, 0.4) is 0 Å². The van der Waals surface area contributed by atoms with E-state index in [1.807, 2.05) is 24.7 Å². The highest BCUT2D eigenvalue weighted by atomic mass is 35.5. The predicted octanol–water partition coefficient (Wildman–Crippen LogP) is 3.08. The number of nitrogens with two attached hydrogens (primary N) is 1. The van der Waals surface area contributed by atoms with Crippen molar-refractivity contribution in [3.05, 3.63) is 53.1 Å². The predicted molar refractivity (Wildman–Crippen MR) is 87.2 cm³/mol. The smallest absolute Gasteiger partial charge is 0.0948 e. The molecule has 0 spiro atoms. The van der Waals surface area contributed by atoms with E-state index in [1.165, 1.54) is 11.3 Å². The summed E-state index contributed by atoms with van der Waals surface area (Å²) in [6.45, 7) is 4.54. The van der Waals surface area contributed by atoms with E-state index in [2.05, 4.69) is 40.6 Å². The molecule has 21 heavy (non-hydrogen) atoms. The molecule has 0 radical (unpaired) electrons. The molecular formula is C16H23ClN4. The van der Waals surface area contributed by atoms with Crippen molar-refractivity contribution in [2.75, 3.05) is 13.6 Å². The first kappa shape index (κ1) is 16.0. The van der Waals surface area contributed by atoms with Crippen molar-refractivity contribution in [1.29, 1.82) is 0 Å². The summed E-state index contributed by atoms with van der Waals surface area (Å²) in [4.78, 5) is 6.53. The van der Waals surface area contributed by atoms with Gasteiger partial charge in [0.25, 0.3) is 0 Å². The lowest BCUT2D eigenvalue weighted by Crippen LogP contribution is -2.31. The monoisotopic (exact) mass is 306 g/mol.